The molecule has 0 bridgehead atoms. The first-order chi connectivity index (χ1) is 13.5. The molecule has 0 fully saturated rings. The van der Waals surface area contributed by atoms with Crippen LogP contribution < -0.4 is 10.1 Å². The van der Waals surface area contributed by atoms with Crippen LogP contribution in [0.5, 0.6) is 5.75 Å². The number of benzene rings is 2. The summed E-state index contributed by atoms with van der Waals surface area (Å²) in [4.78, 5) is 13.4. The first-order valence-corrected chi connectivity index (χ1v) is 9.60. The Morgan fingerprint density at radius 3 is 2.71 bits per heavy atom. The Labute approximate surface area is 169 Å². The van der Waals surface area contributed by atoms with Gasteiger partial charge in [-0.05, 0) is 49.7 Å². The van der Waals surface area contributed by atoms with Crippen LogP contribution in [0, 0.1) is 13.8 Å². The minimum atomic E-state index is -0.272. The molecule has 0 saturated heterocycles. The molecule has 28 heavy (non-hydrogen) atoms. The third kappa shape index (κ3) is 3.32. The molecule has 0 spiro atoms. The largest absolute Gasteiger partial charge is 0.495 e. The smallest absolute Gasteiger partial charge is 0.255 e. The van der Waals surface area contributed by atoms with Crippen molar-refractivity contribution in [1.29, 1.82) is 0 Å². The van der Waals surface area contributed by atoms with Gasteiger partial charge in [-0.2, -0.15) is 9.61 Å². The molecule has 1 amide bonds. The van der Waals surface area contributed by atoms with E-state index >= 15 is 0 Å². The van der Waals surface area contributed by atoms with Gasteiger partial charge in [0.2, 0.25) is 4.96 Å². The van der Waals surface area contributed by atoms with Crippen LogP contribution in [-0.4, -0.2) is 32.8 Å². The Hall–Kier alpha value is -2.97. The lowest BCUT2D eigenvalue weighted by Crippen LogP contribution is -2.12. The molecule has 0 radical (unpaired) electrons. The highest BCUT2D eigenvalue weighted by Crippen LogP contribution is 2.33. The lowest BCUT2D eigenvalue weighted by Gasteiger charge is -2.12. The SMILES string of the molecule is COc1ccc(-c2nn3c(C)nnc3s2)cc1NC(=O)c1ccc(C)c(Cl)c1. The molecule has 0 unspecified atom stereocenters. The van der Waals surface area contributed by atoms with Crippen LogP contribution in [0.4, 0.5) is 5.69 Å². The minimum absolute atomic E-state index is 0.272. The van der Waals surface area contributed by atoms with Gasteiger partial charge in [0.1, 0.15) is 10.8 Å². The first kappa shape index (κ1) is 18.4. The van der Waals surface area contributed by atoms with E-state index in [4.69, 9.17) is 16.3 Å². The van der Waals surface area contributed by atoms with Crippen LogP contribution in [0.15, 0.2) is 36.4 Å². The molecule has 9 heteroatoms. The van der Waals surface area contributed by atoms with Gasteiger partial charge in [0.15, 0.2) is 5.82 Å². The molecule has 2 aromatic carbocycles. The van der Waals surface area contributed by atoms with E-state index in [9.17, 15) is 4.79 Å². The molecule has 0 aliphatic carbocycles. The van der Waals surface area contributed by atoms with Crippen LogP contribution in [0.2, 0.25) is 5.02 Å². The molecule has 0 aliphatic rings. The Morgan fingerprint density at radius 1 is 1.18 bits per heavy atom. The number of nitrogens with one attached hydrogen (secondary N) is 1. The van der Waals surface area contributed by atoms with Gasteiger partial charge < -0.3 is 10.1 Å². The number of anilines is 1. The number of fused-ring (bicyclic) bond motifs is 1. The predicted molar refractivity (Wildman–Crippen MR) is 110 cm³/mol. The molecule has 2 aromatic heterocycles. The highest BCUT2D eigenvalue weighted by Gasteiger charge is 2.15. The van der Waals surface area contributed by atoms with Gasteiger partial charge in [-0.1, -0.05) is 29.0 Å². The van der Waals surface area contributed by atoms with E-state index in [0.717, 1.165) is 22.0 Å². The highest BCUT2D eigenvalue weighted by atomic mass is 35.5. The Kier molecular flexibility index (Phi) is 4.74. The highest BCUT2D eigenvalue weighted by molar-refractivity contribution is 7.19. The van der Waals surface area contributed by atoms with Crippen LogP contribution in [0.25, 0.3) is 15.5 Å². The third-order valence-corrected chi connectivity index (χ3v) is 5.63. The van der Waals surface area contributed by atoms with E-state index in [-0.39, 0.29) is 5.91 Å². The Bertz CT molecular complexity index is 1200. The van der Waals surface area contributed by atoms with Gasteiger partial charge in [-0.15, -0.1) is 10.2 Å². The molecular formula is C19H16ClN5O2S. The molecule has 4 rings (SSSR count). The van der Waals surface area contributed by atoms with Crippen LogP contribution in [0.3, 0.4) is 0 Å². The van der Waals surface area contributed by atoms with Gasteiger partial charge in [-0.25, -0.2) is 0 Å². The van der Waals surface area contributed by atoms with Gasteiger partial charge in [0, 0.05) is 16.1 Å². The zero-order chi connectivity index (χ0) is 19.8. The van der Waals surface area contributed by atoms with Gasteiger partial charge in [0.25, 0.3) is 5.91 Å². The molecular weight excluding hydrogens is 398 g/mol. The zero-order valence-electron chi connectivity index (χ0n) is 15.4. The number of aryl methyl sites for hydroxylation is 2. The number of amides is 1. The fraction of sp³-hybridized carbons (Fsp3) is 0.158. The topological polar surface area (TPSA) is 81.4 Å². The number of hydrogen-bond donors (Lipinski definition) is 1. The fourth-order valence-electron chi connectivity index (χ4n) is 2.70. The van der Waals surface area contributed by atoms with E-state index in [1.807, 2.05) is 32.0 Å². The Morgan fingerprint density at radius 2 is 2.00 bits per heavy atom. The lowest BCUT2D eigenvalue weighted by molar-refractivity contribution is 0.102. The number of ether oxygens (including phenoxy) is 1. The summed E-state index contributed by atoms with van der Waals surface area (Å²) in [6, 6.07) is 10.7. The summed E-state index contributed by atoms with van der Waals surface area (Å²) in [6.45, 7) is 3.73. The van der Waals surface area contributed by atoms with Crippen LogP contribution in [0.1, 0.15) is 21.7 Å². The zero-order valence-corrected chi connectivity index (χ0v) is 16.9. The summed E-state index contributed by atoms with van der Waals surface area (Å²) in [7, 11) is 1.56. The van der Waals surface area contributed by atoms with Crippen LogP contribution in [-0.2, 0) is 0 Å². The van der Waals surface area contributed by atoms with Crippen molar-refractivity contribution in [2.24, 2.45) is 0 Å². The number of halogens is 1. The van der Waals surface area contributed by atoms with Gasteiger partial charge in [0.05, 0.1) is 12.8 Å². The average molecular weight is 414 g/mol. The molecule has 4 aromatic rings. The molecule has 7 nitrogen and oxygen atoms in total. The first-order valence-electron chi connectivity index (χ1n) is 8.41. The summed E-state index contributed by atoms with van der Waals surface area (Å²) in [6.07, 6.45) is 0. The summed E-state index contributed by atoms with van der Waals surface area (Å²) in [5, 5.41) is 16.8. The van der Waals surface area contributed by atoms with Crippen LogP contribution >= 0.6 is 22.9 Å². The van der Waals surface area contributed by atoms with Gasteiger partial charge in [-0.3, -0.25) is 4.79 Å². The summed E-state index contributed by atoms with van der Waals surface area (Å²) in [5.74, 6) is 0.997. The molecule has 1 N–H and O–H groups in total. The number of carbonyl (C=O) groups is 1. The van der Waals surface area contributed by atoms with E-state index in [1.165, 1.54) is 11.3 Å². The van der Waals surface area contributed by atoms with E-state index < -0.39 is 0 Å². The van der Waals surface area contributed by atoms with Crippen molar-refractivity contribution in [3.63, 3.8) is 0 Å². The predicted octanol–water partition coefficient (Wildman–Crippen LogP) is 4.38. The second-order valence-corrected chi connectivity index (χ2v) is 7.55. The second-order valence-electron chi connectivity index (χ2n) is 6.18. The second kappa shape index (κ2) is 7.21. The lowest BCUT2D eigenvalue weighted by atomic mass is 10.1. The third-order valence-electron chi connectivity index (χ3n) is 4.28. The van der Waals surface area contributed by atoms with Crippen molar-refractivity contribution in [2.75, 3.05) is 12.4 Å². The summed E-state index contributed by atoms with van der Waals surface area (Å²) in [5.41, 5.74) is 2.77. The maximum absolute atomic E-state index is 12.7. The minimum Gasteiger partial charge on any atom is -0.495 e. The normalized spacial score (nSPS) is 11.0. The van der Waals surface area contributed by atoms with Crippen molar-refractivity contribution in [3.8, 4) is 16.3 Å². The number of aromatic nitrogens is 4. The number of methoxy groups -OCH3 is 1. The number of nitrogens with zero attached hydrogens (tertiary/aromatic N) is 4. The van der Waals surface area contributed by atoms with Crippen molar-refractivity contribution in [3.05, 3.63) is 58.4 Å². The van der Waals surface area contributed by atoms with Gasteiger partial charge >= 0.3 is 0 Å². The molecule has 142 valence electrons. The number of hydrogen-bond acceptors (Lipinski definition) is 6. The monoisotopic (exact) mass is 413 g/mol. The molecule has 0 atom stereocenters. The Balaban J connectivity index is 1.68. The summed E-state index contributed by atoms with van der Waals surface area (Å²) >= 11 is 7.56. The van der Waals surface area contributed by atoms with Crippen molar-refractivity contribution in [1.82, 2.24) is 19.8 Å². The van der Waals surface area contributed by atoms with Crippen molar-refractivity contribution >= 4 is 39.5 Å². The van der Waals surface area contributed by atoms with Crippen molar-refractivity contribution < 1.29 is 9.53 Å². The maximum atomic E-state index is 12.7. The number of carbonyl (C=O) groups excluding carboxylic acids is 1. The summed E-state index contributed by atoms with van der Waals surface area (Å²) < 4.78 is 7.08. The quantitative estimate of drug-likeness (QED) is 0.536. The molecule has 0 aliphatic heterocycles. The average Bonchev–Trinajstić information content (AvgIpc) is 3.26. The standard InChI is InChI=1S/C19H16ClN5O2S/c1-10-4-5-12(8-14(10)20)17(26)21-15-9-13(6-7-16(15)27-3)18-24-25-11(2)22-23-19(25)28-18/h4-9H,1-3H3,(H,21,26). The fourth-order valence-corrected chi connectivity index (χ4v) is 3.76. The molecule has 2 heterocycles. The van der Waals surface area contributed by atoms with E-state index in [1.54, 1.807) is 29.8 Å². The van der Waals surface area contributed by atoms with E-state index in [0.29, 0.717) is 27.0 Å². The molecule has 0 saturated carbocycles. The van der Waals surface area contributed by atoms with E-state index in [2.05, 4.69) is 20.6 Å². The maximum Gasteiger partial charge on any atom is 0.255 e. The van der Waals surface area contributed by atoms with Crippen molar-refractivity contribution in [2.45, 2.75) is 13.8 Å². The number of rotatable bonds is 4.